The Morgan fingerprint density at radius 3 is 1.12 bits per heavy atom. The first-order valence-corrected chi connectivity index (χ1v) is 15.6. The lowest BCUT2D eigenvalue weighted by molar-refractivity contribution is 0.309. The van der Waals surface area contributed by atoms with Crippen LogP contribution in [0.5, 0.6) is 0 Å². The van der Waals surface area contributed by atoms with Gasteiger partial charge in [0, 0.05) is 6.61 Å². The molecule has 0 N–H and O–H groups in total. The summed E-state index contributed by atoms with van der Waals surface area (Å²) in [5, 5.41) is 3.98. The lowest BCUT2D eigenvalue weighted by Gasteiger charge is -2.33. The van der Waals surface area contributed by atoms with Crippen molar-refractivity contribution in [2.24, 2.45) is 0 Å². The first kappa shape index (κ1) is 26.4. The van der Waals surface area contributed by atoms with Crippen LogP contribution in [-0.4, -0.2) is 14.9 Å². The third-order valence-corrected chi connectivity index (χ3v) is 10.9. The van der Waals surface area contributed by atoms with Crippen molar-refractivity contribution >= 4 is 23.9 Å². The summed E-state index contributed by atoms with van der Waals surface area (Å²) in [5.41, 5.74) is 0. The summed E-state index contributed by atoms with van der Waals surface area (Å²) >= 11 is 0. The molecular formula is C32H44OSi. The number of rotatable bonds is 17. The van der Waals surface area contributed by atoms with Gasteiger partial charge in [-0.05, 0) is 22.0 Å². The molecule has 0 aliphatic carbocycles. The van der Waals surface area contributed by atoms with Crippen LogP contribution in [0.15, 0.2) is 91.0 Å². The molecule has 0 atom stereocenters. The van der Waals surface area contributed by atoms with Gasteiger partial charge >= 0.3 is 0 Å². The number of hydrogen-bond acceptors (Lipinski definition) is 1. The lowest BCUT2D eigenvalue weighted by atomic mass is 10.1. The molecule has 0 spiro atoms. The predicted octanol–water partition coefficient (Wildman–Crippen LogP) is 7.37. The second-order valence-corrected chi connectivity index (χ2v) is 12.9. The standard InChI is InChI=1S/C32H44OSi/c1-2-3-4-5-6-7-8-9-10-11-12-22-29-33-34(30-23-16-13-17-24-30,31-25-18-14-19-26-31)32-27-20-15-21-28-32/h13-21,23-28H,2-12,22,29H2,1H3. The molecule has 0 saturated heterocycles. The highest BCUT2D eigenvalue weighted by Gasteiger charge is 2.41. The smallest absolute Gasteiger partial charge is 0.288 e. The molecule has 0 radical (unpaired) electrons. The highest BCUT2D eigenvalue weighted by atomic mass is 28.4. The molecule has 0 aliphatic heterocycles. The predicted molar refractivity (Wildman–Crippen MR) is 151 cm³/mol. The van der Waals surface area contributed by atoms with Crippen LogP contribution in [0.2, 0.25) is 0 Å². The minimum atomic E-state index is -2.52. The molecule has 3 rings (SSSR count). The Morgan fingerprint density at radius 2 is 0.765 bits per heavy atom. The van der Waals surface area contributed by atoms with Crippen molar-refractivity contribution in [1.29, 1.82) is 0 Å². The summed E-state index contributed by atoms with van der Waals surface area (Å²) < 4.78 is 7.02. The second-order valence-electron chi connectivity index (χ2n) is 9.52. The van der Waals surface area contributed by atoms with Gasteiger partial charge < -0.3 is 4.43 Å². The van der Waals surface area contributed by atoms with Crippen molar-refractivity contribution in [3.63, 3.8) is 0 Å². The van der Waals surface area contributed by atoms with E-state index in [1.165, 1.54) is 86.2 Å². The summed E-state index contributed by atoms with van der Waals surface area (Å²) in [6.07, 6.45) is 16.4. The van der Waals surface area contributed by atoms with E-state index in [1.54, 1.807) is 0 Å². The zero-order chi connectivity index (χ0) is 23.7. The zero-order valence-electron chi connectivity index (χ0n) is 21.3. The van der Waals surface area contributed by atoms with Gasteiger partial charge in [0.2, 0.25) is 0 Å². The van der Waals surface area contributed by atoms with E-state index in [9.17, 15) is 0 Å². The highest BCUT2D eigenvalue weighted by Crippen LogP contribution is 2.14. The van der Waals surface area contributed by atoms with Crippen LogP contribution in [-0.2, 0) is 4.43 Å². The topological polar surface area (TPSA) is 9.23 Å². The second kappa shape index (κ2) is 15.7. The zero-order valence-corrected chi connectivity index (χ0v) is 22.3. The summed E-state index contributed by atoms with van der Waals surface area (Å²) in [7, 11) is -2.52. The van der Waals surface area contributed by atoms with Gasteiger partial charge in [-0.2, -0.15) is 0 Å². The Labute approximate surface area is 209 Å². The average Bonchev–Trinajstić information content (AvgIpc) is 2.91. The molecule has 0 aliphatic rings. The highest BCUT2D eigenvalue weighted by molar-refractivity contribution is 7.07. The van der Waals surface area contributed by atoms with Crippen molar-refractivity contribution in [2.75, 3.05) is 6.61 Å². The van der Waals surface area contributed by atoms with E-state index in [2.05, 4.69) is 97.9 Å². The van der Waals surface area contributed by atoms with Crippen LogP contribution in [0.25, 0.3) is 0 Å². The van der Waals surface area contributed by atoms with Crippen LogP contribution >= 0.6 is 0 Å². The maximum atomic E-state index is 7.02. The molecule has 3 aromatic carbocycles. The van der Waals surface area contributed by atoms with Crippen molar-refractivity contribution in [2.45, 2.75) is 84.0 Å². The molecule has 0 heterocycles. The first-order chi connectivity index (χ1) is 16.9. The van der Waals surface area contributed by atoms with E-state index < -0.39 is 8.32 Å². The third-order valence-electron chi connectivity index (χ3n) is 6.86. The Kier molecular flexibility index (Phi) is 12.2. The molecule has 1 nitrogen and oxygen atoms in total. The fourth-order valence-electron chi connectivity index (χ4n) is 4.94. The number of hydrogen-bond donors (Lipinski definition) is 0. The van der Waals surface area contributed by atoms with E-state index in [0.717, 1.165) is 13.0 Å². The molecule has 34 heavy (non-hydrogen) atoms. The normalized spacial score (nSPS) is 11.6. The Bertz CT molecular complexity index is 782. The van der Waals surface area contributed by atoms with Crippen molar-refractivity contribution in [3.8, 4) is 0 Å². The summed E-state index contributed by atoms with van der Waals surface area (Å²) in [6.45, 7) is 3.11. The van der Waals surface area contributed by atoms with E-state index in [0.29, 0.717) is 0 Å². The van der Waals surface area contributed by atoms with Crippen LogP contribution in [0.3, 0.4) is 0 Å². The van der Waals surface area contributed by atoms with E-state index in [1.807, 2.05) is 0 Å². The third kappa shape index (κ3) is 7.96. The maximum Gasteiger partial charge on any atom is 0.288 e. The van der Waals surface area contributed by atoms with E-state index in [-0.39, 0.29) is 0 Å². The quantitative estimate of drug-likeness (QED) is 0.113. The van der Waals surface area contributed by atoms with Crippen LogP contribution < -0.4 is 15.6 Å². The molecule has 0 aromatic heterocycles. The number of unbranched alkanes of at least 4 members (excludes halogenated alkanes) is 11. The molecule has 0 fully saturated rings. The maximum absolute atomic E-state index is 7.02. The van der Waals surface area contributed by atoms with Crippen LogP contribution in [0, 0.1) is 0 Å². The average molecular weight is 473 g/mol. The minimum Gasteiger partial charge on any atom is -0.404 e. The van der Waals surface area contributed by atoms with Gasteiger partial charge in [0.15, 0.2) is 0 Å². The monoisotopic (exact) mass is 472 g/mol. The molecule has 2 heteroatoms. The van der Waals surface area contributed by atoms with Gasteiger partial charge in [0.05, 0.1) is 0 Å². The first-order valence-electron chi connectivity index (χ1n) is 13.7. The Balaban J connectivity index is 1.54. The van der Waals surface area contributed by atoms with Gasteiger partial charge in [0.1, 0.15) is 0 Å². The molecule has 182 valence electrons. The van der Waals surface area contributed by atoms with Gasteiger partial charge in [-0.1, -0.05) is 169 Å². The summed E-state index contributed by atoms with van der Waals surface area (Å²) in [4.78, 5) is 0. The Morgan fingerprint density at radius 1 is 0.441 bits per heavy atom. The van der Waals surface area contributed by atoms with Gasteiger partial charge in [-0.25, -0.2) is 0 Å². The Hall–Kier alpha value is -2.16. The molecule has 0 bridgehead atoms. The number of benzene rings is 3. The lowest BCUT2D eigenvalue weighted by Crippen LogP contribution is -2.69. The van der Waals surface area contributed by atoms with E-state index >= 15 is 0 Å². The minimum absolute atomic E-state index is 0.822. The molecular weight excluding hydrogens is 428 g/mol. The molecule has 0 unspecified atom stereocenters. The largest absolute Gasteiger partial charge is 0.404 e. The molecule has 0 saturated carbocycles. The van der Waals surface area contributed by atoms with Gasteiger partial charge in [-0.3, -0.25) is 0 Å². The summed E-state index contributed by atoms with van der Waals surface area (Å²) in [6, 6.07) is 32.7. The van der Waals surface area contributed by atoms with Crippen molar-refractivity contribution in [3.05, 3.63) is 91.0 Å². The van der Waals surface area contributed by atoms with Crippen LogP contribution in [0.1, 0.15) is 84.0 Å². The SMILES string of the molecule is CCCCCCCCCCCCCCO[Si](c1ccccc1)(c1ccccc1)c1ccccc1. The van der Waals surface area contributed by atoms with Gasteiger partial charge in [-0.15, -0.1) is 0 Å². The van der Waals surface area contributed by atoms with Crippen molar-refractivity contribution < 1.29 is 4.43 Å². The molecule has 3 aromatic rings. The van der Waals surface area contributed by atoms with E-state index in [4.69, 9.17) is 4.43 Å². The van der Waals surface area contributed by atoms with Crippen molar-refractivity contribution in [1.82, 2.24) is 0 Å². The molecule has 0 amide bonds. The summed E-state index contributed by atoms with van der Waals surface area (Å²) in [5.74, 6) is 0. The fraction of sp³-hybridized carbons (Fsp3) is 0.438. The fourth-order valence-corrected chi connectivity index (χ4v) is 8.87. The van der Waals surface area contributed by atoms with Crippen LogP contribution in [0.4, 0.5) is 0 Å². The van der Waals surface area contributed by atoms with Gasteiger partial charge in [0.25, 0.3) is 8.32 Å².